The Morgan fingerprint density at radius 1 is 1.03 bits per heavy atom. The first-order valence-electron chi connectivity index (χ1n) is 9.19. The molecule has 4 rings (SSSR count). The Morgan fingerprint density at radius 3 is 2.17 bits per heavy atom. The summed E-state index contributed by atoms with van der Waals surface area (Å²) in [4.78, 5) is 12.6. The molecule has 2 aliphatic carbocycles. The van der Waals surface area contributed by atoms with Crippen molar-refractivity contribution in [2.75, 3.05) is 0 Å². The smallest absolute Gasteiger partial charge is 0.349 e. The van der Waals surface area contributed by atoms with Gasteiger partial charge < -0.3 is 5.32 Å². The van der Waals surface area contributed by atoms with Crippen LogP contribution in [0.4, 0.5) is 26.3 Å². The average molecular weight is 417 g/mol. The molecule has 1 aromatic heterocycles. The van der Waals surface area contributed by atoms with Crippen molar-refractivity contribution in [3.63, 3.8) is 0 Å². The molecule has 0 spiro atoms. The molecule has 0 unspecified atom stereocenters. The van der Waals surface area contributed by atoms with Crippen LogP contribution in [0.1, 0.15) is 47.3 Å². The van der Waals surface area contributed by atoms with Gasteiger partial charge in [-0.1, -0.05) is 6.07 Å². The first-order chi connectivity index (χ1) is 13.6. The fourth-order valence-corrected chi connectivity index (χ4v) is 3.56. The Hall–Kier alpha value is -2.52. The number of aromatic nitrogens is 2. The molecule has 10 heteroatoms. The Balaban J connectivity index is 1.70. The molecule has 0 radical (unpaired) electrons. The maximum atomic E-state index is 13.7. The minimum atomic E-state index is -4.98. The van der Waals surface area contributed by atoms with Crippen LogP contribution in [0.2, 0.25) is 0 Å². The number of hydrogen-bond donors (Lipinski definition) is 1. The van der Waals surface area contributed by atoms with Crippen molar-refractivity contribution in [3.05, 3.63) is 47.3 Å². The van der Waals surface area contributed by atoms with Crippen LogP contribution in [0.25, 0.3) is 5.69 Å². The van der Waals surface area contributed by atoms with Crippen LogP contribution in [0.3, 0.4) is 0 Å². The molecule has 0 bridgehead atoms. The van der Waals surface area contributed by atoms with E-state index in [4.69, 9.17) is 0 Å². The highest BCUT2D eigenvalue weighted by molar-refractivity contribution is 5.95. The fraction of sp³-hybridized carbons (Fsp3) is 0.474. The first kappa shape index (κ1) is 19.8. The molecule has 1 aromatic carbocycles. The number of rotatable bonds is 5. The number of nitrogens with one attached hydrogen (secondary N) is 1. The third-order valence-corrected chi connectivity index (χ3v) is 5.26. The van der Waals surface area contributed by atoms with Gasteiger partial charge in [-0.05, 0) is 55.7 Å². The van der Waals surface area contributed by atoms with E-state index in [1.165, 1.54) is 0 Å². The average Bonchev–Trinajstić information content (AvgIpc) is 3.55. The van der Waals surface area contributed by atoms with E-state index < -0.39 is 40.8 Å². The molecule has 1 amide bonds. The van der Waals surface area contributed by atoms with Gasteiger partial charge in [-0.15, -0.1) is 0 Å². The summed E-state index contributed by atoms with van der Waals surface area (Å²) in [6.07, 6.45) is -5.23. The number of carbonyl (C=O) groups excluding carboxylic acids is 1. The van der Waals surface area contributed by atoms with Crippen molar-refractivity contribution in [2.45, 2.75) is 44.1 Å². The molecule has 2 fully saturated rings. The van der Waals surface area contributed by atoms with E-state index in [2.05, 4.69) is 10.4 Å². The van der Waals surface area contributed by atoms with Crippen LogP contribution in [0.15, 0.2) is 30.5 Å². The van der Waals surface area contributed by atoms with E-state index in [0.29, 0.717) is 10.7 Å². The van der Waals surface area contributed by atoms with Gasteiger partial charge in [0, 0.05) is 6.04 Å². The number of nitrogens with zero attached hydrogens (tertiary/aromatic N) is 2. The predicted octanol–water partition coefficient (Wildman–Crippen LogP) is 4.83. The van der Waals surface area contributed by atoms with Crippen molar-refractivity contribution in [1.29, 1.82) is 0 Å². The highest BCUT2D eigenvalue weighted by Gasteiger charge is 2.45. The first-order valence-corrected chi connectivity index (χ1v) is 9.19. The van der Waals surface area contributed by atoms with Gasteiger partial charge in [0.2, 0.25) is 0 Å². The predicted molar refractivity (Wildman–Crippen MR) is 90.3 cm³/mol. The minimum absolute atomic E-state index is 0.166. The summed E-state index contributed by atoms with van der Waals surface area (Å²) in [5.41, 5.74) is -3.61. The molecular weight excluding hydrogens is 400 g/mol. The largest absolute Gasteiger partial charge is 0.434 e. The van der Waals surface area contributed by atoms with Crippen LogP contribution >= 0.6 is 0 Å². The van der Waals surface area contributed by atoms with Gasteiger partial charge in [-0.2, -0.15) is 31.4 Å². The maximum Gasteiger partial charge on any atom is 0.434 e. The highest BCUT2D eigenvalue weighted by atomic mass is 19.4. The SMILES string of the molecule is O=C(NC(C1CC1)C1CC1)c1cnn(-c2cccc(C(F)(F)F)c2)c1C(F)(F)F. The van der Waals surface area contributed by atoms with Crippen molar-refractivity contribution >= 4 is 5.91 Å². The third kappa shape index (κ3) is 4.11. The van der Waals surface area contributed by atoms with E-state index in [9.17, 15) is 31.1 Å². The van der Waals surface area contributed by atoms with Crippen LogP contribution in [-0.2, 0) is 12.4 Å². The minimum Gasteiger partial charge on any atom is -0.349 e. The fourth-order valence-electron chi connectivity index (χ4n) is 3.56. The Morgan fingerprint density at radius 2 is 1.66 bits per heavy atom. The zero-order valence-electron chi connectivity index (χ0n) is 15.0. The number of amides is 1. The molecule has 1 heterocycles. The van der Waals surface area contributed by atoms with Gasteiger partial charge in [0.05, 0.1) is 23.0 Å². The maximum absolute atomic E-state index is 13.7. The molecule has 2 saturated carbocycles. The van der Waals surface area contributed by atoms with Gasteiger partial charge in [-0.3, -0.25) is 4.79 Å². The molecule has 29 heavy (non-hydrogen) atoms. The Labute approximate surface area is 161 Å². The molecule has 2 aromatic rings. The second-order valence-electron chi connectivity index (χ2n) is 7.54. The topological polar surface area (TPSA) is 46.9 Å². The summed E-state index contributed by atoms with van der Waals surface area (Å²) in [7, 11) is 0. The quantitative estimate of drug-likeness (QED) is 0.709. The van der Waals surface area contributed by atoms with Crippen molar-refractivity contribution < 1.29 is 31.1 Å². The normalized spacial score (nSPS) is 17.6. The van der Waals surface area contributed by atoms with Crippen molar-refractivity contribution in [2.24, 2.45) is 11.8 Å². The summed E-state index contributed by atoms with van der Waals surface area (Å²) < 4.78 is 80.4. The summed E-state index contributed by atoms with van der Waals surface area (Å²) in [5, 5.41) is 6.29. The van der Waals surface area contributed by atoms with Gasteiger partial charge in [-0.25, -0.2) is 4.68 Å². The van der Waals surface area contributed by atoms with Crippen molar-refractivity contribution in [1.82, 2.24) is 15.1 Å². The van der Waals surface area contributed by atoms with E-state index in [1.54, 1.807) is 0 Å². The van der Waals surface area contributed by atoms with E-state index >= 15 is 0 Å². The second-order valence-corrected chi connectivity index (χ2v) is 7.54. The molecule has 1 N–H and O–H groups in total. The lowest BCUT2D eigenvalue weighted by Gasteiger charge is -2.18. The monoisotopic (exact) mass is 417 g/mol. The summed E-state index contributed by atoms with van der Waals surface area (Å²) in [6, 6.07) is 3.23. The Bertz CT molecular complexity index is 913. The zero-order chi connectivity index (χ0) is 21.0. The highest BCUT2D eigenvalue weighted by Crippen LogP contribution is 2.45. The number of hydrogen-bond acceptors (Lipinski definition) is 2. The van der Waals surface area contributed by atoms with E-state index in [0.717, 1.165) is 50.1 Å². The number of benzene rings is 1. The lowest BCUT2D eigenvalue weighted by Crippen LogP contribution is -2.38. The molecular formula is C19H17F6N3O. The number of alkyl halides is 6. The van der Waals surface area contributed by atoms with Crippen LogP contribution in [0.5, 0.6) is 0 Å². The summed E-state index contributed by atoms with van der Waals surface area (Å²) in [6.45, 7) is 0. The molecule has 0 atom stereocenters. The van der Waals surface area contributed by atoms with Gasteiger partial charge in [0.25, 0.3) is 5.91 Å². The molecule has 156 valence electrons. The molecule has 0 aliphatic heterocycles. The van der Waals surface area contributed by atoms with Crippen LogP contribution < -0.4 is 5.32 Å². The third-order valence-electron chi connectivity index (χ3n) is 5.26. The Kier molecular flexibility index (Phi) is 4.62. The lowest BCUT2D eigenvalue weighted by molar-refractivity contribution is -0.143. The van der Waals surface area contributed by atoms with Crippen LogP contribution in [0, 0.1) is 11.8 Å². The van der Waals surface area contributed by atoms with Gasteiger partial charge in [0.15, 0.2) is 5.69 Å². The van der Waals surface area contributed by atoms with E-state index in [1.807, 2.05) is 0 Å². The summed E-state index contributed by atoms with van der Waals surface area (Å²) in [5.74, 6) is -0.349. The number of halogens is 6. The van der Waals surface area contributed by atoms with Gasteiger partial charge >= 0.3 is 12.4 Å². The molecule has 0 saturated heterocycles. The zero-order valence-corrected chi connectivity index (χ0v) is 15.0. The second kappa shape index (κ2) is 6.77. The summed E-state index contributed by atoms with van der Waals surface area (Å²) >= 11 is 0. The van der Waals surface area contributed by atoms with Gasteiger partial charge in [0.1, 0.15) is 0 Å². The number of carbonyl (C=O) groups is 1. The molecule has 2 aliphatic rings. The standard InChI is InChI=1S/C19H17F6N3O/c20-18(21,22)12-2-1-3-13(8-12)28-16(19(23,24)25)14(9-26-28)17(29)27-15(10-4-5-10)11-6-7-11/h1-3,8-11,15H,4-7H2,(H,27,29). The molecule has 4 nitrogen and oxygen atoms in total. The van der Waals surface area contributed by atoms with Crippen molar-refractivity contribution in [3.8, 4) is 5.69 Å². The van der Waals surface area contributed by atoms with Crippen LogP contribution in [-0.4, -0.2) is 21.7 Å². The lowest BCUT2D eigenvalue weighted by atomic mass is 10.1. The van der Waals surface area contributed by atoms with E-state index in [-0.39, 0.29) is 17.9 Å².